The number of piperidine rings is 1. The Bertz CT molecular complexity index is 1320. The first-order chi connectivity index (χ1) is 17.1. The molecule has 0 bridgehead atoms. The molecule has 5 rings (SSSR count). The van der Waals surface area contributed by atoms with Crippen molar-refractivity contribution >= 4 is 22.7 Å². The Balaban J connectivity index is 1.27. The number of nitrogens with one attached hydrogen (secondary N) is 1. The standard InChI is InChI=1S/C29H28FN3O2/c30-25-12-10-22(11-13-25)20-33-26-9-5-4-8-24(26)18-27(33)29(35)32-16-14-23(15-17-32)28(34)31-19-21-6-2-1-3-7-21/h1-13,18,23H,14-17,19-20H2,(H,31,34). The molecule has 1 fully saturated rings. The number of carbonyl (C=O) groups excluding carboxylic acids is 2. The van der Waals surface area contributed by atoms with Gasteiger partial charge in [-0.25, -0.2) is 4.39 Å². The predicted octanol–water partition coefficient (Wildman–Crippen LogP) is 5.00. The van der Waals surface area contributed by atoms with Gasteiger partial charge in [-0.2, -0.15) is 0 Å². The molecule has 6 heteroatoms. The molecule has 2 heterocycles. The number of hydrogen-bond acceptors (Lipinski definition) is 2. The van der Waals surface area contributed by atoms with Gasteiger partial charge in [0.05, 0.1) is 0 Å². The second-order valence-electron chi connectivity index (χ2n) is 9.07. The van der Waals surface area contributed by atoms with Crippen LogP contribution in [0.4, 0.5) is 4.39 Å². The second kappa shape index (κ2) is 10.1. The number of nitrogens with zero attached hydrogens (tertiary/aromatic N) is 2. The lowest BCUT2D eigenvalue weighted by Crippen LogP contribution is -2.43. The zero-order chi connectivity index (χ0) is 24.2. The van der Waals surface area contributed by atoms with Crippen molar-refractivity contribution in [1.82, 2.24) is 14.8 Å². The van der Waals surface area contributed by atoms with Gasteiger partial charge in [0, 0.05) is 43.0 Å². The largest absolute Gasteiger partial charge is 0.352 e. The Morgan fingerprint density at radius 1 is 0.857 bits per heavy atom. The fourth-order valence-corrected chi connectivity index (χ4v) is 4.77. The van der Waals surface area contributed by atoms with Gasteiger partial charge < -0.3 is 14.8 Å². The molecule has 0 spiro atoms. The smallest absolute Gasteiger partial charge is 0.270 e. The highest BCUT2D eigenvalue weighted by Crippen LogP contribution is 2.25. The fourth-order valence-electron chi connectivity index (χ4n) is 4.77. The second-order valence-corrected chi connectivity index (χ2v) is 9.07. The first-order valence-electron chi connectivity index (χ1n) is 12.0. The maximum atomic E-state index is 13.6. The van der Waals surface area contributed by atoms with Crippen LogP contribution in [0.2, 0.25) is 0 Å². The minimum atomic E-state index is -0.280. The number of rotatable bonds is 6. The Kier molecular flexibility index (Phi) is 6.62. The summed E-state index contributed by atoms with van der Waals surface area (Å²) in [6.07, 6.45) is 1.29. The highest BCUT2D eigenvalue weighted by atomic mass is 19.1. The van der Waals surface area contributed by atoms with Gasteiger partial charge >= 0.3 is 0 Å². The lowest BCUT2D eigenvalue weighted by molar-refractivity contribution is -0.126. The zero-order valence-electron chi connectivity index (χ0n) is 19.5. The highest BCUT2D eigenvalue weighted by molar-refractivity contribution is 5.99. The molecule has 0 atom stereocenters. The van der Waals surface area contributed by atoms with Gasteiger partial charge in [-0.3, -0.25) is 9.59 Å². The molecule has 35 heavy (non-hydrogen) atoms. The first-order valence-corrected chi connectivity index (χ1v) is 12.0. The molecule has 1 saturated heterocycles. The predicted molar refractivity (Wildman–Crippen MR) is 134 cm³/mol. The maximum absolute atomic E-state index is 13.6. The first kappa shape index (κ1) is 22.8. The SMILES string of the molecule is O=C(NCc1ccccc1)C1CCN(C(=O)c2cc3ccccc3n2Cc2ccc(F)cc2)CC1. The summed E-state index contributed by atoms with van der Waals surface area (Å²) in [7, 11) is 0. The minimum Gasteiger partial charge on any atom is -0.352 e. The molecule has 4 aromatic rings. The molecule has 1 aromatic heterocycles. The molecule has 1 N–H and O–H groups in total. The van der Waals surface area contributed by atoms with Crippen LogP contribution in [0.3, 0.4) is 0 Å². The highest BCUT2D eigenvalue weighted by Gasteiger charge is 2.29. The molecule has 5 nitrogen and oxygen atoms in total. The van der Waals surface area contributed by atoms with E-state index in [0.29, 0.717) is 44.7 Å². The van der Waals surface area contributed by atoms with E-state index < -0.39 is 0 Å². The van der Waals surface area contributed by atoms with Crippen LogP contribution in [0, 0.1) is 11.7 Å². The molecular formula is C29H28FN3O2. The third-order valence-corrected chi connectivity index (χ3v) is 6.75. The van der Waals surface area contributed by atoms with E-state index in [-0.39, 0.29) is 23.5 Å². The Labute approximate surface area is 204 Å². The number of benzene rings is 3. The number of likely N-dealkylation sites (tertiary alicyclic amines) is 1. The third kappa shape index (κ3) is 5.11. The minimum absolute atomic E-state index is 0.0357. The summed E-state index contributed by atoms with van der Waals surface area (Å²) in [6.45, 7) is 2.08. The van der Waals surface area contributed by atoms with Crippen molar-refractivity contribution in [3.05, 3.63) is 108 Å². The number of halogens is 1. The van der Waals surface area contributed by atoms with Gasteiger partial charge in [0.1, 0.15) is 11.5 Å². The van der Waals surface area contributed by atoms with Crippen LogP contribution < -0.4 is 5.32 Å². The van der Waals surface area contributed by atoms with Crippen LogP contribution in [0.5, 0.6) is 0 Å². The number of fused-ring (bicyclic) bond motifs is 1. The van der Waals surface area contributed by atoms with E-state index in [1.807, 2.05) is 70.1 Å². The van der Waals surface area contributed by atoms with Crippen molar-refractivity contribution in [3.8, 4) is 0 Å². The summed E-state index contributed by atoms with van der Waals surface area (Å²) >= 11 is 0. The zero-order valence-corrected chi connectivity index (χ0v) is 19.5. The lowest BCUT2D eigenvalue weighted by Gasteiger charge is -2.31. The molecule has 0 aliphatic carbocycles. The van der Waals surface area contributed by atoms with Gasteiger partial charge in [0.2, 0.25) is 5.91 Å². The average Bonchev–Trinajstić information content (AvgIpc) is 3.27. The van der Waals surface area contributed by atoms with Gasteiger partial charge in [-0.15, -0.1) is 0 Å². The summed E-state index contributed by atoms with van der Waals surface area (Å²) in [5.41, 5.74) is 3.58. The van der Waals surface area contributed by atoms with Crippen molar-refractivity contribution in [2.75, 3.05) is 13.1 Å². The number of carbonyl (C=O) groups is 2. The van der Waals surface area contributed by atoms with Crippen molar-refractivity contribution in [2.45, 2.75) is 25.9 Å². The van der Waals surface area contributed by atoms with Gasteiger partial charge in [-0.1, -0.05) is 60.7 Å². The van der Waals surface area contributed by atoms with Crippen LogP contribution in [0.15, 0.2) is 84.9 Å². The third-order valence-electron chi connectivity index (χ3n) is 6.75. The van der Waals surface area contributed by atoms with Crippen molar-refractivity contribution in [1.29, 1.82) is 0 Å². The molecule has 178 valence electrons. The molecule has 1 aliphatic heterocycles. The lowest BCUT2D eigenvalue weighted by atomic mass is 9.95. The number of para-hydroxylation sites is 1. The topological polar surface area (TPSA) is 54.3 Å². The van der Waals surface area contributed by atoms with Crippen molar-refractivity contribution in [3.63, 3.8) is 0 Å². The Morgan fingerprint density at radius 3 is 2.29 bits per heavy atom. The van der Waals surface area contributed by atoms with Gasteiger partial charge in [-0.05, 0) is 48.2 Å². The number of hydrogen-bond donors (Lipinski definition) is 1. The van der Waals surface area contributed by atoms with Gasteiger partial charge in [0.25, 0.3) is 5.91 Å². The Morgan fingerprint density at radius 2 is 1.54 bits per heavy atom. The molecule has 3 aromatic carbocycles. The number of aromatic nitrogens is 1. The van der Waals surface area contributed by atoms with E-state index in [0.717, 1.165) is 22.0 Å². The molecule has 0 saturated carbocycles. The maximum Gasteiger partial charge on any atom is 0.270 e. The van der Waals surface area contributed by atoms with Crippen LogP contribution >= 0.6 is 0 Å². The quantitative estimate of drug-likeness (QED) is 0.432. The summed E-state index contributed by atoms with van der Waals surface area (Å²) < 4.78 is 15.4. The Hall–Kier alpha value is -3.93. The molecule has 2 amide bonds. The van der Waals surface area contributed by atoms with E-state index >= 15 is 0 Å². The van der Waals surface area contributed by atoms with E-state index in [1.54, 1.807) is 12.1 Å². The van der Waals surface area contributed by atoms with Crippen molar-refractivity contribution < 1.29 is 14.0 Å². The van der Waals surface area contributed by atoms with Crippen LogP contribution in [-0.4, -0.2) is 34.4 Å². The molecular weight excluding hydrogens is 441 g/mol. The van der Waals surface area contributed by atoms with E-state index in [9.17, 15) is 14.0 Å². The molecule has 0 unspecified atom stereocenters. The van der Waals surface area contributed by atoms with Gasteiger partial charge in [0.15, 0.2) is 0 Å². The van der Waals surface area contributed by atoms with Crippen LogP contribution in [0.1, 0.15) is 34.5 Å². The van der Waals surface area contributed by atoms with E-state index in [1.165, 1.54) is 12.1 Å². The normalized spacial score (nSPS) is 14.3. The summed E-state index contributed by atoms with van der Waals surface area (Å²) in [6, 6.07) is 26.1. The van der Waals surface area contributed by atoms with Crippen LogP contribution in [0.25, 0.3) is 10.9 Å². The number of amides is 2. The molecule has 1 aliphatic rings. The average molecular weight is 470 g/mol. The van der Waals surface area contributed by atoms with Crippen LogP contribution in [-0.2, 0) is 17.9 Å². The van der Waals surface area contributed by atoms with E-state index in [2.05, 4.69) is 5.32 Å². The monoisotopic (exact) mass is 469 g/mol. The van der Waals surface area contributed by atoms with Crippen molar-refractivity contribution in [2.24, 2.45) is 5.92 Å². The fraction of sp³-hybridized carbons (Fsp3) is 0.241. The summed E-state index contributed by atoms with van der Waals surface area (Å²) in [5, 5.41) is 4.02. The summed E-state index contributed by atoms with van der Waals surface area (Å²) in [4.78, 5) is 28.1. The molecule has 0 radical (unpaired) electrons. The van der Waals surface area contributed by atoms with E-state index in [4.69, 9.17) is 0 Å². The summed E-state index contributed by atoms with van der Waals surface area (Å²) in [5.74, 6) is -0.358.